The van der Waals surface area contributed by atoms with E-state index in [1.807, 2.05) is 22.6 Å². The van der Waals surface area contributed by atoms with Crippen molar-refractivity contribution < 1.29 is 18.7 Å². The van der Waals surface area contributed by atoms with Crippen molar-refractivity contribution in [2.24, 2.45) is 0 Å². The number of likely N-dealkylation sites (tertiary alicyclic amines) is 1. The number of halogens is 3. The number of aromatic nitrogens is 2. The maximum Gasteiger partial charge on any atom is 0.254 e. The van der Waals surface area contributed by atoms with Crippen LogP contribution in [0.2, 0.25) is 0 Å². The van der Waals surface area contributed by atoms with Crippen LogP contribution in [0, 0.1) is 22.1 Å². The lowest BCUT2D eigenvalue weighted by Gasteiger charge is -2.51. The first-order valence-corrected chi connectivity index (χ1v) is 12.5. The molecule has 0 unspecified atom stereocenters. The Morgan fingerprint density at radius 2 is 2.09 bits per heavy atom. The molecule has 0 saturated carbocycles. The number of hydrogen-bond acceptors (Lipinski definition) is 5. The molecule has 0 spiro atoms. The number of aryl methyl sites for hydroxylation is 1. The fourth-order valence-electron chi connectivity index (χ4n) is 5.00. The zero-order valence-corrected chi connectivity index (χ0v) is 20.9. The third-order valence-corrected chi connectivity index (χ3v) is 7.63. The molecule has 1 amide bonds. The minimum Gasteiger partial charge on any atom is -0.385 e. The third kappa shape index (κ3) is 4.18. The van der Waals surface area contributed by atoms with Crippen molar-refractivity contribution in [2.45, 2.75) is 44.2 Å². The largest absolute Gasteiger partial charge is 0.385 e. The lowest BCUT2D eigenvalue weighted by molar-refractivity contribution is -0.108. The molecule has 0 bridgehead atoms. The van der Waals surface area contributed by atoms with Crippen molar-refractivity contribution in [2.75, 3.05) is 19.6 Å². The van der Waals surface area contributed by atoms with E-state index < -0.39 is 17.2 Å². The number of piperidine rings is 1. The number of nitrogens with zero attached hydrogens (tertiary/aromatic N) is 3. The predicted molar refractivity (Wildman–Crippen MR) is 133 cm³/mol. The van der Waals surface area contributed by atoms with E-state index in [1.54, 1.807) is 25.1 Å². The molecule has 3 aromatic rings. The van der Waals surface area contributed by atoms with Crippen molar-refractivity contribution >= 4 is 39.4 Å². The van der Waals surface area contributed by atoms with Crippen molar-refractivity contribution in [1.82, 2.24) is 20.4 Å². The highest BCUT2D eigenvalue weighted by Crippen LogP contribution is 2.33. The van der Waals surface area contributed by atoms with Crippen molar-refractivity contribution in [3.8, 4) is 0 Å². The molecule has 0 aliphatic carbocycles. The van der Waals surface area contributed by atoms with Gasteiger partial charge in [0.15, 0.2) is 5.82 Å². The SMILES string of the molecule is Cc1cnnc2c(F)c(Cc3ccc(I)cc3F)c(C(=O)N3CC(O)([C@@H]4CCCCN4)C3)cc12. The molecule has 2 aliphatic rings. The van der Waals surface area contributed by atoms with Crippen LogP contribution in [-0.2, 0) is 6.42 Å². The summed E-state index contributed by atoms with van der Waals surface area (Å²) < 4.78 is 31.1. The molecular weight excluding hydrogens is 553 g/mol. The highest BCUT2D eigenvalue weighted by atomic mass is 127. The Balaban J connectivity index is 1.52. The molecule has 2 N–H and O–H groups in total. The summed E-state index contributed by atoms with van der Waals surface area (Å²) in [7, 11) is 0. The summed E-state index contributed by atoms with van der Waals surface area (Å²) >= 11 is 2.01. The number of benzene rings is 2. The Morgan fingerprint density at radius 3 is 2.79 bits per heavy atom. The predicted octanol–water partition coefficient (Wildman–Crippen LogP) is 3.74. The molecule has 5 rings (SSSR count). The van der Waals surface area contributed by atoms with E-state index in [9.17, 15) is 14.3 Å². The summed E-state index contributed by atoms with van der Waals surface area (Å²) in [6.45, 7) is 2.98. The van der Waals surface area contributed by atoms with Crippen molar-refractivity contribution in [3.63, 3.8) is 0 Å². The Hall–Kier alpha value is -2.24. The van der Waals surface area contributed by atoms with Gasteiger partial charge in [0.25, 0.3) is 5.91 Å². The molecular formula is C25H25F2IN4O2. The summed E-state index contributed by atoms with van der Waals surface area (Å²) in [5, 5.41) is 22.7. The number of nitrogens with one attached hydrogen (secondary N) is 1. The van der Waals surface area contributed by atoms with Gasteiger partial charge in [-0.05, 0) is 78.2 Å². The standard InChI is InChI=1S/C25H25F2IN4O2/c1-14-11-30-31-23-17(14)10-19(18(22(23)27)8-15-5-6-16(28)9-20(15)26)24(33)32-12-25(34,13-32)21-4-2-3-7-29-21/h5-6,9-11,21,29,34H,2-4,7-8,12-13H2,1H3/t21-/m0/s1. The highest BCUT2D eigenvalue weighted by molar-refractivity contribution is 14.1. The zero-order valence-electron chi connectivity index (χ0n) is 18.7. The van der Waals surface area contributed by atoms with Crippen molar-refractivity contribution in [1.29, 1.82) is 0 Å². The number of fused-ring (bicyclic) bond motifs is 1. The summed E-state index contributed by atoms with van der Waals surface area (Å²) in [6, 6.07) is 6.30. The van der Waals surface area contributed by atoms with Gasteiger partial charge >= 0.3 is 0 Å². The molecule has 3 heterocycles. The number of carbonyl (C=O) groups excluding carboxylic acids is 1. The summed E-state index contributed by atoms with van der Waals surface area (Å²) in [4.78, 5) is 15.1. The van der Waals surface area contributed by atoms with Gasteiger partial charge in [-0.25, -0.2) is 8.78 Å². The molecule has 6 nitrogen and oxygen atoms in total. The first-order chi connectivity index (χ1) is 16.3. The van der Waals surface area contributed by atoms with Gasteiger partial charge in [0.1, 0.15) is 16.9 Å². The number of rotatable bonds is 4. The normalized spacial score (nSPS) is 19.8. The molecule has 1 atom stereocenters. The average Bonchev–Trinajstić information content (AvgIpc) is 2.80. The topological polar surface area (TPSA) is 78.4 Å². The Morgan fingerprint density at radius 1 is 1.29 bits per heavy atom. The highest BCUT2D eigenvalue weighted by Gasteiger charge is 2.49. The van der Waals surface area contributed by atoms with Gasteiger partial charge in [-0.1, -0.05) is 12.5 Å². The zero-order chi connectivity index (χ0) is 24.0. The number of carbonyl (C=O) groups is 1. The second-order valence-corrected chi connectivity index (χ2v) is 10.6. The quantitative estimate of drug-likeness (QED) is 0.462. The maximum atomic E-state index is 15.7. The summed E-state index contributed by atoms with van der Waals surface area (Å²) in [5.41, 5.74) is 0.302. The Kier molecular flexibility index (Phi) is 6.28. The molecule has 2 fully saturated rings. The van der Waals surface area contributed by atoms with Crippen LogP contribution in [-0.4, -0.2) is 57.4 Å². The van der Waals surface area contributed by atoms with E-state index in [2.05, 4.69) is 15.5 Å². The second-order valence-electron chi connectivity index (χ2n) is 9.32. The van der Waals surface area contributed by atoms with Crippen LogP contribution in [0.15, 0.2) is 30.5 Å². The first kappa shape index (κ1) is 23.5. The number of aliphatic hydroxyl groups is 1. The van der Waals surface area contributed by atoms with E-state index >= 15 is 4.39 Å². The fraction of sp³-hybridized carbons (Fsp3) is 0.400. The van der Waals surface area contributed by atoms with Gasteiger partial charge in [0.05, 0.1) is 19.3 Å². The molecule has 178 valence electrons. The molecule has 2 aromatic carbocycles. The average molecular weight is 578 g/mol. The molecule has 2 aliphatic heterocycles. The Bertz CT molecular complexity index is 1270. The lowest BCUT2D eigenvalue weighted by atomic mass is 9.81. The molecule has 2 saturated heterocycles. The fourth-order valence-corrected chi connectivity index (χ4v) is 5.45. The number of hydrogen-bond donors (Lipinski definition) is 2. The first-order valence-electron chi connectivity index (χ1n) is 11.4. The van der Waals surface area contributed by atoms with Gasteiger partial charge in [0.2, 0.25) is 0 Å². The summed E-state index contributed by atoms with van der Waals surface area (Å²) in [6.07, 6.45) is 4.40. The van der Waals surface area contributed by atoms with Crippen LogP contribution in [0.25, 0.3) is 10.9 Å². The van der Waals surface area contributed by atoms with Crippen LogP contribution in [0.3, 0.4) is 0 Å². The van der Waals surface area contributed by atoms with Crippen LogP contribution >= 0.6 is 22.6 Å². The second kappa shape index (κ2) is 9.09. The minimum absolute atomic E-state index is 0.0588. The lowest BCUT2D eigenvalue weighted by Crippen LogP contribution is -2.72. The van der Waals surface area contributed by atoms with Gasteiger partial charge in [0, 0.05) is 32.5 Å². The van der Waals surface area contributed by atoms with E-state index in [1.165, 1.54) is 17.2 Å². The Labute approximate surface area is 209 Å². The smallest absolute Gasteiger partial charge is 0.254 e. The minimum atomic E-state index is -0.991. The van der Waals surface area contributed by atoms with Gasteiger partial charge in [-0.3, -0.25) is 4.79 Å². The van der Waals surface area contributed by atoms with Gasteiger partial charge in [-0.15, -0.1) is 5.10 Å². The van der Waals surface area contributed by atoms with Crippen LogP contribution in [0.4, 0.5) is 8.78 Å². The van der Waals surface area contributed by atoms with Crippen LogP contribution in [0.1, 0.15) is 46.3 Å². The monoisotopic (exact) mass is 578 g/mol. The van der Waals surface area contributed by atoms with E-state index in [0.29, 0.717) is 16.5 Å². The van der Waals surface area contributed by atoms with E-state index in [4.69, 9.17) is 0 Å². The van der Waals surface area contributed by atoms with Gasteiger partial charge < -0.3 is 15.3 Å². The molecule has 0 radical (unpaired) electrons. The molecule has 34 heavy (non-hydrogen) atoms. The van der Waals surface area contributed by atoms with E-state index in [-0.39, 0.29) is 48.1 Å². The molecule has 9 heteroatoms. The van der Waals surface area contributed by atoms with Crippen LogP contribution < -0.4 is 5.32 Å². The maximum absolute atomic E-state index is 15.7. The van der Waals surface area contributed by atoms with Crippen molar-refractivity contribution in [3.05, 3.63) is 67.9 Å². The summed E-state index contributed by atoms with van der Waals surface area (Å²) in [5.74, 6) is -1.50. The number of β-amino-alcohol motifs (C(OH)–C–C–N with tert-alkyl or cyclic N) is 1. The molecule has 1 aromatic heterocycles. The van der Waals surface area contributed by atoms with Gasteiger partial charge in [-0.2, -0.15) is 5.10 Å². The number of amides is 1. The van der Waals surface area contributed by atoms with Crippen LogP contribution in [0.5, 0.6) is 0 Å². The third-order valence-electron chi connectivity index (χ3n) is 6.96. The van der Waals surface area contributed by atoms with E-state index in [0.717, 1.165) is 29.4 Å².